The summed E-state index contributed by atoms with van der Waals surface area (Å²) in [7, 11) is 0. The van der Waals surface area contributed by atoms with Crippen LogP contribution in [-0.4, -0.2) is 24.9 Å². The molecular formula is C12H12N6O. The minimum atomic E-state index is -0.162. The van der Waals surface area contributed by atoms with E-state index in [1.807, 2.05) is 25.1 Å². The number of benzene rings is 1. The van der Waals surface area contributed by atoms with E-state index in [1.54, 1.807) is 17.1 Å². The van der Waals surface area contributed by atoms with Gasteiger partial charge in [-0.25, -0.2) is 9.67 Å². The maximum absolute atomic E-state index is 5.73. The minimum Gasteiger partial charge on any atom is -0.399 e. The first-order valence-electron chi connectivity index (χ1n) is 5.77. The molecule has 1 atom stereocenters. The molecule has 3 aromatic rings. The molecule has 0 aliphatic carbocycles. The van der Waals surface area contributed by atoms with Crippen LogP contribution in [0.2, 0.25) is 0 Å². The van der Waals surface area contributed by atoms with Gasteiger partial charge in [-0.05, 0) is 19.1 Å². The number of hydrogen-bond acceptors (Lipinski definition) is 6. The van der Waals surface area contributed by atoms with E-state index in [-0.39, 0.29) is 6.04 Å². The van der Waals surface area contributed by atoms with Gasteiger partial charge in [0.2, 0.25) is 5.82 Å². The van der Waals surface area contributed by atoms with Gasteiger partial charge in [0.1, 0.15) is 18.7 Å². The van der Waals surface area contributed by atoms with Crippen molar-refractivity contribution < 1.29 is 4.52 Å². The number of anilines is 1. The predicted molar refractivity (Wildman–Crippen MR) is 68.0 cm³/mol. The Morgan fingerprint density at radius 2 is 2.26 bits per heavy atom. The average Bonchev–Trinajstić information content (AvgIpc) is 3.10. The maximum Gasteiger partial charge on any atom is 0.251 e. The molecule has 2 heterocycles. The van der Waals surface area contributed by atoms with E-state index in [2.05, 4.69) is 20.2 Å². The van der Waals surface area contributed by atoms with Crippen LogP contribution in [-0.2, 0) is 0 Å². The van der Waals surface area contributed by atoms with Crippen molar-refractivity contribution >= 4 is 5.69 Å². The summed E-state index contributed by atoms with van der Waals surface area (Å²) in [4.78, 5) is 8.25. The molecule has 1 unspecified atom stereocenters. The van der Waals surface area contributed by atoms with Gasteiger partial charge in [-0.15, -0.1) is 0 Å². The van der Waals surface area contributed by atoms with E-state index < -0.39 is 0 Å². The Bertz CT molecular complexity index is 675. The Morgan fingerprint density at radius 1 is 1.37 bits per heavy atom. The highest BCUT2D eigenvalue weighted by atomic mass is 16.5. The monoisotopic (exact) mass is 256 g/mol. The van der Waals surface area contributed by atoms with E-state index in [0.29, 0.717) is 17.4 Å². The van der Waals surface area contributed by atoms with Crippen molar-refractivity contribution in [2.24, 2.45) is 0 Å². The molecule has 7 heteroatoms. The standard InChI is InChI=1S/C12H12N6O/c1-8(18-7-14-6-15-18)12-16-11(17-19-12)9-3-2-4-10(13)5-9/h2-8H,13H2,1H3. The van der Waals surface area contributed by atoms with Gasteiger partial charge >= 0.3 is 0 Å². The van der Waals surface area contributed by atoms with Crippen LogP contribution in [0.4, 0.5) is 5.69 Å². The van der Waals surface area contributed by atoms with Crippen LogP contribution in [0, 0.1) is 0 Å². The molecule has 1 aromatic carbocycles. The smallest absolute Gasteiger partial charge is 0.251 e. The molecule has 7 nitrogen and oxygen atoms in total. The lowest BCUT2D eigenvalue weighted by Gasteiger charge is -2.04. The zero-order valence-electron chi connectivity index (χ0n) is 10.3. The fourth-order valence-corrected chi connectivity index (χ4v) is 1.73. The third-order valence-electron chi connectivity index (χ3n) is 2.78. The molecule has 0 saturated carbocycles. The Hall–Kier alpha value is -2.70. The largest absolute Gasteiger partial charge is 0.399 e. The van der Waals surface area contributed by atoms with Gasteiger partial charge in [-0.2, -0.15) is 10.1 Å². The SMILES string of the molecule is CC(c1nc(-c2cccc(N)c2)no1)n1cncn1. The molecule has 19 heavy (non-hydrogen) atoms. The van der Waals surface area contributed by atoms with Gasteiger partial charge < -0.3 is 10.3 Å². The number of nitrogens with two attached hydrogens (primary N) is 1. The second-order valence-electron chi connectivity index (χ2n) is 4.13. The van der Waals surface area contributed by atoms with E-state index in [9.17, 15) is 0 Å². The normalized spacial score (nSPS) is 12.5. The van der Waals surface area contributed by atoms with E-state index in [4.69, 9.17) is 10.3 Å². The van der Waals surface area contributed by atoms with Crippen molar-refractivity contribution in [2.75, 3.05) is 5.73 Å². The first kappa shape index (κ1) is 11.4. The number of hydrogen-bond donors (Lipinski definition) is 1. The van der Waals surface area contributed by atoms with Crippen LogP contribution < -0.4 is 5.73 Å². The molecule has 2 N–H and O–H groups in total. The zero-order chi connectivity index (χ0) is 13.2. The van der Waals surface area contributed by atoms with E-state index in [1.165, 1.54) is 6.33 Å². The zero-order valence-corrected chi connectivity index (χ0v) is 10.3. The molecule has 0 spiro atoms. The Morgan fingerprint density at radius 3 is 3.00 bits per heavy atom. The van der Waals surface area contributed by atoms with Crippen molar-refractivity contribution in [2.45, 2.75) is 13.0 Å². The maximum atomic E-state index is 5.73. The summed E-state index contributed by atoms with van der Waals surface area (Å²) in [6, 6.07) is 7.18. The Balaban J connectivity index is 1.91. The summed E-state index contributed by atoms with van der Waals surface area (Å²) in [5.41, 5.74) is 7.21. The third-order valence-corrected chi connectivity index (χ3v) is 2.78. The molecule has 96 valence electrons. The lowest BCUT2D eigenvalue weighted by molar-refractivity contribution is 0.336. The van der Waals surface area contributed by atoms with Crippen molar-refractivity contribution in [3.05, 3.63) is 42.8 Å². The highest BCUT2D eigenvalue weighted by Crippen LogP contribution is 2.21. The van der Waals surface area contributed by atoms with Crippen molar-refractivity contribution in [3.63, 3.8) is 0 Å². The fraction of sp³-hybridized carbons (Fsp3) is 0.167. The van der Waals surface area contributed by atoms with E-state index >= 15 is 0 Å². The number of nitrogen functional groups attached to an aromatic ring is 1. The summed E-state index contributed by atoms with van der Waals surface area (Å²) in [5.74, 6) is 0.984. The summed E-state index contributed by atoms with van der Waals surface area (Å²) in [6.45, 7) is 1.91. The van der Waals surface area contributed by atoms with Gasteiger partial charge in [-0.3, -0.25) is 0 Å². The van der Waals surface area contributed by atoms with Gasteiger partial charge in [0.15, 0.2) is 0 Å². The summed E-state index contributed by atoms with van der Waals surface area (Å²) in [6.07, 6.45) is 3.07. The number of aromatic nitrogens is 5. The molecular weight excluding hydrogens is 244 g/mol. The van der Waals surface area contributed by atoms with Gasteiger partial charge in [0, 0.05) is 11.3 Å². The van der Waals surface area contributed by atoms with Crippen LogP contribution >= 0.6 is 0 Å². The molecule has 0 fully saturated rings. The first-order chi connectivity index (χ1) is 9.24. The predicted octanol–water partition coefficient (Wildman–Crippen LogP) is 1.52. The lowest BCUT2D eigenvalue weighted by Crippen LogP contribution is -2.07. The second kappa shape index (κ2) is 4.52. The van der Waals surface area contributed by atoms with E-state index in [0.717, 1.165) is 5.56 Å². The minimum absolute atomic E-state index is 0.162. The second-order valence-corrected chi connectivity index (χ2v) is 4.13. The third kappa shape index (κ3) is 2.17. The van der Waals surface area contributed by atoms with Crippen molar-refractivity contribution in [3.8, 4) is 11.4 Å². The molecule has 2 aromatic heterocycles. The molecule has 3 rings (SSSR count). The summed E-state index contributed by atoms with van der Waals surface area (Å²) >= 11 is 0. The van der Waals surface area contributed by atoms with Gasteiger partial charge in [0.25, 0.3) is 5.89 Å². The molecule has 0 aliphatic heterocycles. The van der Waals surface area contributed by atoms with Crippen LogP contribution in [0.1, 0.15) is 18.9 Å². The van der Waals surface area contributed by atoms with Crippen molar-refractivity contribution in [1.29, 1.82) is 0 Å². The quantitative estimate of drug-likeness (QED) is 0.714. The highest BCUT2D eigenvalue weighted by molar-refractivity contribution is 5.60. The van der Waals surface area contributed by atoms with Crippen molar-refractivity contribution in [1.82, 2.24) is 24.9 Å². The van der Waals surface area contributed by atoms with Crippen LogP contribution in [0.3, 0.4) is 0 Å². The molecule has 0 radical (unpaired) electrons. The summed E-state index contributed by atoms with van der Waals surface area (Å²) < 4.78 is 6.90. The molecule has 0 saturated heterocycles. The fourth-order valence-electron chi connectivity index (χ4n) is 1.73. The topological polar surface area (TPSA) is 95.7 Å². The first-order valence-corrected chi connectivity index (χ1v) is 5.77. The van der Waals surface area contributed by atoms with Gasteiger partial charge in [-0.1, -0.05) is 17.3 Å². The molecule has 0 aliphatic rings. The Labute approximate surface area is 109 Å². The van der Waals surface area contributed by atoms with Crippen LogP contribution in [0.15, 0.2) is 41.4 Å². The number of rotatable bonds is 3. The summed E-state index contributed by atoms with van der Waals surface area (Å²) in [5, 5.41) is 8.00. The van der Waals surface area contributed by atoms with Crippen LogP contribution in [0.25, 0.3) is 11.4 Å². The average molecular weight is 256 g/mol. The van der Waals surface area contributed by atoms with Crippen LogP contribution in [0.5, 0.6) is 0 Å². The highest BCUT2D eigenvalue weighted by Gasteiger charge is 2.17. The lowest BCUT2D eigenvalue weighted by atomic mass is 10.2. The Kier molecular flexibility index (Phi) is 2.71. The molecule has 0 amide bonds. The number of nitrogens with zero attached hydrogens (tertiary/aromatic N) is 5. The van der Waals surface area contributed by atoms with Gasteiger partial charge in [0.05, 0.1) is 0 Å². The molecule has 0 bridgehead atoms.